The summed E-state index contributed by atoms with van der Waals surface area (Å²) in [6.07, 6.45) is 1.15. The highest BCUT2D eigenvalue weighted by Gasteiger charge is 2.07. The molecule has 122 valence electrons. The van der Waals surface area contributed by atoms with Crippen molar-refractivity contribution >= 4 is 22.6 Å². The Labute approximate surface area is 136 Å². The van der Waals surface area contributed by atoms with Crippen LogP contribution in [0.3, 0.4) is 0 Å². The molecule has 0 aliphatic heterocycles. The lowest BCUT2D eigenvalue weighted by molar-refractivity contribution is -0.130. The Bertz CT molecular complexity index is 710. The predicted molar refractivity (Wildman–Crippen MR) is 90.5 cm³/mol. The number of carbonyl (C=O) groups is 2. The molecule has 0 aromatic heterocycles. The van der Waals surface area contributed by atoms with E-state index in [-0.39, 0.29) is 18.4 Å². The molecule has 2 aromatic rings. The van der Waals surface area contributed by atoms with E-state index in [1.807, 2.05) is 36.4 Å². The van der Waals surface area contributed by atoms with Crippen molar-refractivity contribution in [3.8, 4) is 5.75 Å². The minimum Gasteiger partial charge on any atom is -0.484 e. The number of carbonyl (C=O) groups excluding carboxylic acids is 2. The molecule has 0 bridgehead atoms. The molecule has 2 amide bonds. The molecule has 0 saturated heterocycles. The van der Waals surface area contributed by atoms with E-state index in [0.29, 0.717) is 18.6 Å². The van der Waals surface area contributed by atoms with Gasteiger partial charge in [-0.2, -0.15) is 0 Å². The largest absolute Gasteiger partial charge is 0.484 e. The monoisotopic (exact) mass is 314 g/mol. The molecule has 2 aromatic carbocycles. The minimum atomic E-state index is -0.0792. The van der Waals surface area contributed by atoms with Gasteiger partial charge in [-0.3, -0.25) is 9.59 Å². The zero-order valence-corrected chi connectivity index (χ0v) is 13.8. The maximum Gasteiger partial charge on any atom is 0.259 e. The van der Waals surface area contributed by atoms with Crippen LogP contribution in [0.25, 0.3) is 10.8 Å². The summed E-state index contributed by atoms with van der Waals surface area (Å²) < 4.78 is 5.54. The van der Waals surface area contributed by atoms with Crippen LogP contribution in [0.4, 0.5) is 0 Å². The van der Waals surface area contributed by atoms with Gasteiger partial charge in [0.05, 0.1) is 0 Å². The molecule has 0 fully saturated rings. The van der Waals surface area contributed by atoms with E-state index in [2.05, 4.69) is 5.32 Å². The van der Waals surface area contributed by atoms with E-state index in [4.69, 9.17) is 4.74 Å². The third-order valence-electron chi connectivity index (χ3n) is 3.70. The van der Waals surface area contributed by atoms with Crippen molar-refractivity contribution in [1.82, 2.24) is 10.2 Å². The second-order valence-corrected chi connectivity index (χ2v) is 5.55. The first-order valence-electron chi connectivity index (χ1n) is 7.56. The molecule has 0 heterocycles. The van der Waals surface area contributed by atoms with Crippen molar-refractivity contribution in [1.29, 1.82) is 0 Å². The number of aryl methyl sites for hydroxylation is 1. The van der Waals surface area contributed by atoms with Gasteiger partial charge in [-0.05, 0) is 34.9 Å². The smallest absolute Gasteiger partial charge is 0.259 e. The highest BCUT2D eigenvalue weighted by Crippen LogP contribution is 2.24. The van der Waals surface area contributed by atoms with Gasteiger partial charge in [-0.25, -0.2) is 0 Å². The summed E-state index contributed by atoms with van der Waals surface area (Å²) >= 11 is 0. The molecule has 5 heteroatoms. The van der Waals surface area contributed by atoms with Gasteiger partial charge in [0.2, 0.25) is 5.91 Å². The Morgan fingerprint density at radius 1 is 1.17 bits per heavy atom. The van der Waals surface area contributed by atoms with Crippen molar-refractivity contribution in [2.24, 2.45) is 0 Å². The molecule has 0 atom stereocenters. The molecular formula is C18H22N2O3. The second kappa shape index (κ2) is 7.63. The lowest BCUT2D eigenvalue weighted by atomic mass is 10.0. The lowest BCUT2D eigenvalue weighted by Gasteiger charge is -2.12. The molecular weight excluding hydrogens is 292 g/mol. The van der Waals surface area contributed by atoms with Gasteiger partial charge < -0.3 is 15.0 Å². The fourth-order valence-corrected chi connectivity index (χ4v) is 2.28. The van der Waals surface area contributed by atoms with E-state index in [1.54, 1.807) is 21.1 Å². The van der Waals surface area contributed by atoms with Crippen LogP contribution in [-0.2, 0) is 16.0 Å². The van der Waals surface area contributed by atoms with E-state index >= 15 is 0 Å². The third-order valence-corrected chi connectivity index (χ3v) is 3.70. The predicted octanol–water partition coefficient (Wildman–Crippen LogP) is 1.99. The van der Waals surface area contributed by atoms with Gasteiger partial charge in [0.15, 0.2) is 6.61 Å². The van der Waals surface area contributed by atoms with Crippen LogP contribution < -0.4 is 10.1 Å². The summed E-state index contributed by atoms with van der Waals surface area (Å²) in [4.78, 5) is 24.5. The number of nitrogens with one attached hydrogen (secondary N) is 1. The van der Waals surface area contributed by atoms with Gasteiger partial charge in [0.1, 0.15) is 5.75 Å². The Morgan fingerprint density at radius 2 is 1.96 bits per heavy atom. The number of rotatable bonds is 6. The number of hydrogen-bond acceptors (Lipinski definition) is 3. The fraction of sp³-hybridized carbons (Fsp3) is 0.333. The molecule has 0 aliphatic rings. The summed E-state index contributed by atoms with van der Waals surface area (Å²) in [7, 11) is 5.04. The summed E-state index contributed by atoms with van der Waals surface area (Å²) in [5, 5.41) is 4.77. The van der Waals surface area contributed by atoms with E-state index in [0.717, 1.165) is 16.3 Å². The average molecular weight is 314 g/mol. The van der Waals surface area contributed by atoms with Crippen LogP contribution in [-0.4, -0.2) is 44.5 Å². The Balaban J connectivity index is 2.14. The second-order valence-electron chi connectivity index (χ2n) is 5.55. The Hall–Kier alpha value is -2.56. The number of likely N-dealkylation sites (N-methyl/N-ethyl adjacent to an activating group) is 1. The van der Waals surface area contributed by atoms with Crippen molar-refractivity contribution < 1.29 is 14.3 Å². The number of nitrogens with zero attached hydrogens (tertiary/aromatic N) is 1. The van der Waals surface area contributed by atoms with Crippen molar-refractivity contribution in [2.45, 2.75) is 12.8 Å². The number of ether oxygens (including phenoxy) is 1. The van der Waals surface area contributed by atoms with Gasteiger partial charge in [0, 0.05) is 27.6 Å². The first-order chi connectivity index (χ1) is 11.0. The Morgan fingerprint density at radius 3 is 2.65 bits per heavy atom. The summed E-state index contributed by atoms with van der Waals surface area (Å²) in [5.41, 5.74) is 1.13. The molecule has 5 nitrogen and oxygen atoms in total. The van der Waals surface area contributed by atoms with Crippen LogP contribution >= 0.6 is 0 Å². The van der Waals surface area contributed by atoms with Crippen LogP contribution in [0.5, 0.6) is 5.75 Å². The zero-order valence-electron chi connectivity index (χ0n) is 13.8. The summed E-state index contributed by atoms with van der Waals surface area (Å²) in [6.45, 7) is 0.0227. The van der Waals surface area contributed by atoms with Crippen LogP contribution in [0.1, 0.15) is 12.0 Å². The SMILES string of the molecule is CNC(=O)CCc1cccc2cc(OCC(=O)N(C)C)ccc12. The number of benzene rings is 2. The number of amides is 2. The van der Waals surface area contributed by atoms with E-state index in [1.165, 1.54) is 4.90 Å². The van der Waals surface area contributed by atoms with Crippen molar-refractivity contribution in [2.75, 3.05) is 27.7 Å². The molecule has 23 heavy (non-hydrogen) atoms. The molecule has 0 saturated carbocycles. The van der Waals surface area contributed by atoms with Crippen LogP contribution in [0.15, 0.2) is 36.4 Å². The van der Waals surface area contributed by atoms with Gasteiger partial charge in [0.25, 0.3) is 5.91 Å². The molecule has 0 radical (unpaired) electrons. The van der Waals surface area contributed by atoms with Gasteiger partial charge in [-0.15, -0.1) is 0 Å². The van der Waals surface area contributed by atoms with Crippen LogP contribution in [0, 0.1) is 0 Å². The normalized spacial score (nSPS) is 10.4. The quantitative estimate of drug-likeness (QED) is 0.887. The highest BCUT2D eigenvalue weighted by molar-refractivity contribution is 5.87. The highest BCUT2D eigenvalue weighted by atomic mass is 16.5. The van der Waals surface area contributed by atoms with Crippen molar-refractivity contribution in [3.63, 3.8) is 0 Å². The fourth-order valence-electron chi connectivity index (χ4n) is 2.28. The number of hydrogen-bond donors (Lipinski definition) is 1. The molecule has 0 spiro atoms. The standard InChI is InChI=1S/C18H22N2O3/c1-19-17(21)10-7-13-5-4-6-14-11-15(8-9-16(13)14)23-12-18(22)20(2)3/h4-6,8-9,11H,7,10,12H2,1-3H3,(H,19,21). The summed E-state index contributed by atoms with van der Waals surface area (Å²) in [6, 6.07) is 11.7. The van der Waals surface area contributed by atoms with Gasteiger partial charge >= 0.3 is 0 Å². The van der Waals surface area contributed by atoms with Gasteiger partial charge in [-0.1, -0.05) is 24.3 Å². The third kappa shape index (κ3) is 4.45. The maximum absolute atomic E-state index is 11.6. The van der Waals surface area contributed by atoms with Crippen LogP contribution in [0.2, 0.25) is 0 Å². The first-order valence-corrected chi connectivity index (χ1v) is 7.56. The molecule has 0 aliphatic carbocycles. The first kappa shape index (κ1) is 16.8. The topological polar surface area (TPSA) is 58.6 Å². The summed E-state index contributed by atoms with van der Waals surface area (Å²) in [5.74, 6) is 0.615. The lowest BCUT2D eigenvalue weighted by Crippen LogP contribution is -2.27. The number of fused-ring (bicyclic) bond motifs is 1. The Kier molecular flexibility index (Phi) is 5.57. The van der Waals surface area contributed by atoms with Crippen molar-refractivity contribution in [3.05, 3.63) is 42.0 Å². The zero-order chi connectivity index (χ0) is 16.8. The average Bonchev–Trinajstić information content (AvgIpc) is 2.56. The molecule has 0 unspecified atom stereocenters. The maximum atomic E-state index is 11.6. The minimum absolute atomic E-state index is 0.0227. The van der Waals surface area contributed by atoms with E-state index in [9.17, 15) is 9.59 Å². The molecule has 1 N–H and O–H groups in total. The van der Waals surface area contributed by atoms with E-state index < -0.39 is 0 Å². The molecule has 2 rings (SSSR count).